The van der Waals surface area contributed by atoms with Crippen molar-refractivity contribution in [1.82, 2.24) is 4.72 Å². The Kier molecular flexibility index (Phi) is 3.95. The molecule has 0 fully saturated rings. The highest BCUT2D eigenvalue weighted by Crippen LogP contribution is 2.09. The van der Waals surface area contributed by atoms with Crippen LogP contribution in [0.15, 0.2) is 29.7 Å². The van der Waals surface area contributed by atoms with E-state index in [0.717, 1.165) is 11.0 Å². The lowest BCUT2D eigenvalue weighted by Gasteiger charge is -2.18. The Morgan fingerprint density at radius 1 is 1.18 bits per heavy atom. The first-order valence-electron chi connectivity index (χ1n) is 5.26. The zero-order valence-electron chi connectivity index (χ0n) is 10.3. The Hall–Kier alpha value is -1.33. The van der Waals surface area contributed by atoms with E-state index < -0.39 is 15.6 Å². The monoisotopic (exact) mass is 254 g/mol. The number of hydrogen-bond acceptors (Lipinski definition) is 3. The molecule has 4 nitrogen and oxygen atoms in total. The molecule has 0 saturated heterocycles. The molecular formula is C12H18N2O2S. The Morgan fingerprint density at radius 2 is 1.71 bits per heavy atom. The zero-order chi connectivity index (χ0) is 13.1. The fraction of sp³-hybridized carbons (Fsp3) is 0.333. The molecule has 0 unspecified atom stereocenters. The molecule has 94 valence electrons. The van der Waals surface area contributed by atoms with E-state index >= 15 is 0 Å². The van der Waals surface area contributed by atoms with Gasteiger partial charge >= 0.3 is 0 Å². The third-order valence-electron chi connectivity index (χ3n) is 1.82. The maximum Gasteiger partial charge on any atom is 0.234 e. The van der Waals surface area contributed by atoms with E-state index in [1.165, 1.54) is 6.08 Å². The lowest BCUT2D eigenvalue weighted by Crippen LogP contribution is -2.39. The Labute approximate surface area is 103 Å². The van der Waals surface area contributed by atoms with Gasteiger partial charge in [0.1, 0.15) is 0 Å². The molecule has 5 heteroatoms. The summed E-state index contributed by atoms with van der Waals surface area (Å²) >= 11 is 0. The molecule has 0 bridgehead atoms. The summed E-state index contributed by atoms with van der Waals surface area (Å²) in [5.41, 5.74) is 6.50. The molecule has 0 saturated carbocycles. The third-order valence-corrected chi connectivity index (χ3v) is 3.22. The molecule has 0 aliphatic heterocycles. The van der Waals surface area contributed by atoms with Gasteiger partial charge in [-0.25, -0.2) is 13.1 Å². The summed E-state index contributed by atoms with van der Waals surface area (Å²) in [4.78, 5) is 0. The lowest BCUT2D eigenvalue weighted by molar-refractivity contribution is 0.497. The highest BCUT2D eigenvalue weighted by atomic mass is 32.2. The van der Waals surface area contributed by atoms with Crippen molar-refractivity contribution >= 4 is 21.8 Å². The number of nitrogens with one attached hydrogen (secondary N) is 1. The van der Waals surface area contributed by atoms with Crippen LogP contribution in [0.4, 0.5) is 5.69 Å². The first kappa shape index (κ1) is 13.7. The van der Waals surface area contributed by atoms with Gasteiger partial charge in [0, 0.05) is 16.6 Å². The largest absolute Gasteiger partial charge is 0.399 e. The van der Waals surface area contributed by atoms with Gasteiger partial charge in [-0.05, 0) is 44.5 Å². The molecule has 0 aromatic heterocycles. The molecular weight excluding hydrogens is 236 g/mol. The molecule has 0 aliphatic rings. The van der Waals surface area contributed by atoms with Crippen LogP contribution in [0.5, 0.6) is 0 Å². The molecule has 0 amide bonds. The predicted molar refractivity (Wildman–Crippen MR) is 71.7 cm³/mol. The van der Waals surface area contributed by atoms with Crippen LogP contribution in [-0.2, 0) is 10.0 Å². The summed E-state index contributed by atoms with van der Waals surface area (Å²) in [6.45, 7) is 5.38. The highest BCUT2D eigenvalue weighted by molar-refractivity contribution is 7.92. The second kappa shape index (κ2) is 4.89. The van der Waals surface area contributed by atoms with Crippen molar-refractivity contribution in [2.75, 3.05) is 5.73 Å². The average molecular weight is 254 g/mol. The first-order chi connectivity index (χ1) is 7.68. The lowest BCUT2D eigenvalue weighted by atomic mass is 10.1. The van der Waals surface area contributed by atoms with Gasteiger partial charge in [0.05, 0.1) is 0 Å². The minimum atomic E-state index is -3.41. The second-order valence-corrected chi connectivity index (χ2v) is 6.43. The molecule has 17 heavy (non-hydrogen) atoms. The number of hydrogen-bond donors (Lipinski definition) is 2. The number of benzene rings is 1. The molecule has 0 aliphatic carbocycles. The van der Waals surface area contributed by atoms with Gasteiger partial charge in [-0.3, -0.25) is 0 Å². The predicted octanol–water partition coefficient (Wildman–Crippen LogP) is 1.96. The van der Waals surface area contributed by atoms with Crippen LogP contribution in [0.25, 0.3) is 6.08 Å². The standard InChI is InChI=1S/C12H18N2O2S/c1-12(2,3)14-17(15,16)9-8-10-4-6-11(13)7-5-10/h4-9,14H,13H2,1-3H3/b9-8+. The van der Waals surface area contributed by atoms with E-state index in [2.05, 4.69) is 4.72 Å². The van der Waals surface area contributed by atoms with E-state index in [0.29, 0.717) is 5.69 Å². The van der Waals surface area contributed by atoms with Crippen molar-refractivity contribution in [2.24, 2.45) is 0 Å². The highest BCUT2D eigenvalue weighted by Gasteiger charge is 2.16. The van der Waals surface area contributed by atoms with Crippen LogP contribution in [-0.4, -0.2) is 14.0 Å². The van der Waals surface area contributed by atoms with Crippen molar-refractivity contribution in [3.63, 3.8) is 0 Å². The van der Waals surface area contributed by atoms with Crippen LogP contribution in [0.1, 0.15) is 26.3 Å². The molecule has 1 aromatic rings. The molecule has 1 rings (SSSR count). The van der Waals surface area contributed by atoms with E-state index in [-0.39, 0.29) is 0 Å². The first-order valence-corrected chi connectivity index (χ1v) is 6.80. The van der Waals surface area contributed by atoms with Crippen LogP contribution in [0, 0.1) is 0 Å². The van der Waals surface area contributed by atoms with Crippen molar-refractivity contribution in [2.45, 2.75) is 26.3 Å². The van der Waals surface area contributed by atoms with Crippen molar-refractivity contribution in [3.8, 4) is 0 Å². The Balaban J connectivity index is 2.81. The number of sulfonamides is 1. The van der Waals surface area contributed by atoms with Gasteiger partial charge in [0.25, 0.3) is 0 Å². The van der Waals surface area contributed by atoms with Gasteiger partial charge < -0.3 is 5.73 Å². The molecule has 0 radical (unpaired) electrons. The van der Waals surface area contributed by atoms with Crippen LogP contribution in [0.2, 0.25) is 0 Å². The molecule has 3 N–H and O–H groups in total. The van der Waals surface area contributed by atoms with Gasteiger partial charge in [0.2, 0.25) is 10.0 Å². The summed E-state index contributed by atoms with van der Waals surface area (Å²) in [6.07, 6.45) is 1.54. The fourth-order valence-electron chi connectivity index (χ4n) is 1.24. The summed E-state index contributed by atoms with van der Waals surface area (Å²) < 4.78 is 25.9. The molecule has 0 heterocycles. The van der Waals surface area contributed by atoms with E-state index in [9.17, 15) is 8.42 Å². The van der Waals surface area contributed by atoms with E-state index in [1.807, 2.05) is 0 Å². The maximum atomic E-state index is 11.7. The number of nitrogens with two attached hydrogens (primary N) is 1. The third kappa shape index (κ3) is 5.51. The van der Waals surface area contributed by atoms with Gasteiger partial charge in [-0.2, -0.15) is 0 Å². The van der Waals surface area contributed by atoms with Gasteiger partial charge in [0.15, 0.2) is 0 Å². The summed E-state index contributed by atoms with van der Waals surface area (Å²) in [5, 5.41) is 1.16. The Morgan fingerprint density at radius 3 is 2.18 bits per heavy atom. The van der Waals surface area contributed by atoms with Crippen molar-refractivity contribution in [3.05, 3.63) is 35.2 Å². The van der Waals surface area contributed by atoms with E-state index in [1.54, 1.807) is 45.0 Å². The summed E-state index contributed by atoms with van der Waals surface area (Å²) in [7, 11) is -3.41. The Bertz CT molecular complexity index is 496. The maximum absolute atomic E-state index is 11.7. The molecule has 0 atom stereocenters. The van der Waals surface area contributed by atoms with Crippen LogP contribution < -0.4 is 10.5 Å². The normalized spacial score (nSPS) is 13.1. The van der Waals surface area contributed by atoms with Gasteiger partial charge in [-0.15, -0.1) is 0 Å². The number of nitrogen functional groups attached to an aromatic ring is 1. The molecule has 1 aromatic carbocycles. The quantitative estimate of drug-likeness (QED) is 0.810. The van der Waals surface area contributed by atoms with Gasteiger partial charge in [-0.1, -0.05) is 12.1 Å². The van der Waals surface area contributed by atoms with Crippen molar-refractivity contribution in [1.29, 1.82) is 0 Å². The number of rotatable bonds is 3. The minimum Gasteiger partial charge on any atom is -0.399 e. The van der Waals surface area contributed by atoms with Crippen LogP contribution >= 0.6 is 0 Å². The summed E-state index contributed by atoms with van der Waals surface area (Å²) in [6, 6.07) is 6.98. The van der Waals surface area contributed by atoms with Crippen molar-refractivity contribution < 1.29 is 8.42 Å². The smallest absolute Gasteiger partial charge is 0.234 e. The summed E-state index contributed by atoms with van der Waals surface area (Å²) in [5.74, 6) is 0. The molecule has 0 spiro atoms. The number of anilines is 1. The fourth-order valence-corrected chi connectivity index (χ4v) is 2.49. The topological polar surface area (TPSA) is 72.2 Å². The van der Waals surface area contributed by atoms with E-state index in [4.69, 9.17) is 5.73 Å². The second-order valence-electron chi connectivity index (χ2n) is 4.87. The minimum absolute atomic E-state index is 0.482. The zero-order valence-corrected chi connectivity index (χ0v) is 11.1. The average Bonchev–Trinajstić information content (AvgIpc) is 2.13. The van der Waals surface area contributed by atoms with Crippen LogP contribution in [0.3, 0.4) is 0 Å². The SMILES string of the molecule is CC(C)(C)NS(=O)(=O)/C=C/c1ccc(N)cc1.